The van der Waals surface area contributed by atoms with Gasteiger partial charge in [0.25, 0.3) is 0 Å². The summed E-state index contributed by atoms with van der Waals surface area (Å²) in [4.78, 5) is 0. The van der Waals surface area contributed by atoms with E-state index in [0.29, 0.717) is 0 Å². The molecule has 1 nitrogen and oxygen atoms in total. The van der Waals surface area contributed by atoms with E-state index in [0.717, 1.165) is 17.6 Å². The monoisotopic (exact) mass is 277 g/mol. The van der Waals surface area contributed by atoms with Crippen LogP contribution in [0.5, 0.6) is 0 Å². The smallest absolute Gasteiger partial charge is 0.135 e. The SMILES string of the molecule is CC.CCc1ccc2oc3ccccc3c2c1.[V]. The zero-order valence-corrected chi connectivity index (χ0v) is 12.5. The quantitative estimate of drug-likeness (QED) is 0.598. The van der Waals surface area contributed by atoms with Crippen molar-refractivity contribution in [2.24, 2.45) is 0 Å². The Labute approximate surface area is 120 Å². The number of hydrogen-bond donors (Lipinski definition) is 0. The Kier molecular flexibility index (Phi) is 5.52. The summed E-state index contributed by atoms with van der Waals surface area (Å²) in [5, 5.41) is 2.44. The van der Waals surface area contributed by atoms with E-state index in [-0.39, 0.29) is 18.6 Å². The number of rotatable bonds is 1. The first-order valence-electron chi connectivity index (χ1n) is 6.28. The zero-order chi connectivity index (χ0) is 12.3. The van der Waals surface area contributed by atoms with Gasteiger partial charge in [0, 0.05) is 29.3 Å². The number of aryl methyl sites for hydroxylation is 1. The molecule has 0 aliphatic heterocycles. The molecule has 2 aromatic carbocycles. The number of fused-ring (bicyclic) bond motifs is 3. The molecule has 0 atom stereocenters. The molecule has 3 aromatic rings. The molecule has 0 amide bonds. The Balaban J connectivity index is 0.000000516. The van der Waals surface area contributed by atoms with Crippen molar-refractivity contribution >= 4 is 21.9 Å². The van der Waals surface area contributed by atoms with Gasteiger partial charge in [-0.2, -0.15) is 0 Å². The molecule has 0 spiro atoms. The van der Waals surface area contributed by atoms with Gasteiger partial charge in [-0.1, -0.05) is 45.0 Å². The van der Waals surface area contributed by atoms with Gasteiger partial charge in [0.05, 0.1) is 0 Å². The number of benzene rings is 2. The summed E-state index contributed by atoms with van der Waals surface area (Å²) in [6.07, 6.45) is 1.06. The van der Waals surface area contributed by atoms with E-state index in [9.17, 15) is 0 Å². The van der Waals surface area contributed by atoms with Crippen LogP contribution < -0.4 is 0 Å². The molecule has 3 rings (SSSR count). The van der Waals surface area contributed by atoms with Gasteiger partial charge in [0.2, 0.25) is 0 Å². The van der Waals surface area contributed by atoms with E-state index in [1.807, 2.05) is 26.0 Å². The first-order valence-corrected chi connectivity index (χ1v) is 6.28. The van der Waals surface area contributed by atoms with Crippen molar-refractivity contribution in [3.63, 3.8) is 0 Å². The van der Waals surface area contributed by atoms with Crippen molar-refractivity contribution in [3.05, 3.63) is 48.0 Å². The summed E-state index contributed by atoms with van der Waals surface area (Å²) < 4.78 is 5.75. The molecule has 0 bridgehead atoms. The fraction of sp³-hybridized carbons (Fsp3) is 0.250. The van der Waals surface area contributed by atoms with E-state index >= 15 is 0 Å². The molecule has 1 heterocycles. The zero-order valence-electron chi connectivity index (χ0n) is 11.1. The van der Waals surface area contributed by atoms with Crippen LogP contribution in [0.1, 0.15) is 26.3 Å². The third-order valence-corrected chi connectivity index (χ3v) is 2.85. The summed E-state index contributed by atoms with van der Waals surface area (Å²) in [5.74, 6) is 0. The Morgan fingerprint density at radius 1 is 0.889 bits per heavy atom. The van der Waals surface area contributed by atoms with Gasteiger partial charge in [0.15, 0.2) is 0 Å². The molecule has 0 aliphatic rings. The fourth-order valence-corrected chi connectivity index (χ4v) is 1.99. The average Bonchev–Trinajstić information content (AvgIpc) is 2.78. The van der Waals surface area contributed by atoms with Crippen LogP contribution in [0.4, 0.5) is 0 Å². The minimum atomic E-state index is 0. The van der Waals surface area contributed by atoms with Crippen molar-refractivity contribution in [3.8, 4) is 0 Å². The molecular formula is C16H18OV. The maximum Gasteiger partial charge on any atom is 0.135 e. The van der Waals surface area contributed by atoms with Crippen molar-refractivity contribution in [1.29, 1.82) is 0 Å². The Hall–Kier alpha value is -1.18. The number of para-hydroxylation sites is 1. The summed E-state index contributed by atoms with van der Waals surface area (Å²) in [6, 6.07) is 14.6. The van der Waals surface area contributed by atoms with E-state index < -0.39 is 0 Å². The third kappa shape index (κ3) is 2.63. The minimum Gasteiger partial charge on any atom is -0.456 e. The van der Waals surface area contributed by atoms with Crippen LogP contribution in [-0.2, 0) is 25.0 Å². The standard InChI is InChI=1S/C14H12O.C2H6.V/c1-2-10-7-8-14-12(9-10)11-5-3-4-6-13(11)15-14;1-2;/h3-9H,2H2,1H3;1-2H3;. The average molecular weight is 277 g/mol. The molecule has 0 fully saturated rings. The topological polar surface area (TPSA) is 13.1 Å². The van der Waals surface area contributed by atoms with Crippen molar-refractivity contribution < 1.29 is 23.0 Å². The van der Waals surface area contributed by atoms with Crippen molar-refractivity contribution in [2.45, 2.75) is 27.2 Å². The molecule has 1 radical (unpaired) electrons. The maximum absolute atomic E-state index is 5.75. The van der Waals surface area contributed by atoms with Crippen LogP contribution in [0.2, 0.25) is 0 Å². The van der Waals surface area contributed by atoms with Gasteiger partial charge in [-0.3, -0.25) is 0 Å². The van der Waals surface area contributed by atoms with E-state index in [1.54, 1.807) is 0 Å². The van der Waals surface area contributed by atoms with Crippen LogP contribution in [0.3, 0.4) is 0 Å². The molecule has 18 heavy (non-hydrogen) atoms. The van der Waals surface area contributed by atoms with Gasteiger partial charge in [-0.05, 0) is 30.2 Å². The van der Waals surface area contributed by atoms with Gasteiger partial charge >= 0.3 is 0 Å². The molecule has 0 N–H and O–H groups in total. The second kappa shape index (κ2) is 6.68. The number of hydrogen-bond acceptors (Lipinski definition) is 1. The summed E-state index contributed by atoms with van der Waals surface area (Å²) in [5.41, 5.74) is 3.31. The third-order valence-electron chi connectivity index (χ3n) is 2.85. The van der Waals surface area contributed by atoms with Crippen molar-refractivity contribution in [1.82, 2.24) is 0 Å². The second-order valence-electron chi connectivity index (χ2n) is 3.78. The van der Waals surface area contributed by atoms with E-state index in [1.165, 1.54) is 16.3 Å². The van der Waals surface area contributed by atoms with Crippen LogP contribution in [0.25, 0.3) is 21.9 Å². The second-order valence-corrected chi connectivity index (χ2v) is 3.78. The minimum absolute atomic E-state index is 0. The molecule has 1 aromatic heterocycles. The maximum atomic E-state index is 5.75. The van der Waals surface area contributed by atoms with Gasteiger partial charge in [-0.25, -0.2) is 0 Å². The first-order chi connectivity index (χ1) is 8.38. The Morgan fingerprint density at radius 2 is 1.56 bits per heavy atom. The Morgan fingerprint density at radius 3 is 2.28 bits per heavy atom. The predicted molar refractivity (Wildman–Crippen MR) is 74.4 cm³/mol. The fourth-order valence-electron chi connectivity index (χ4n) is 1.99. The van der Waals surface area contributed by atoms with Crippen LogP contribution in [0, 0.1) is 0 Å². The largest absolute Gasteiger partial charge is 0.456 e. The van der Waals surface area contributed by atoms with Crippen LogP contribution in [-0.4, -0.2) is 0 Å². The molecule has 2 heteroatoms. The van der Waals surface area contributed by atoms with Crippen molar-refractivity contribution in [2.75, 3.05) is 0 Å². The molecule has 0 unspecified atom stereocenters. The normalized spacial score (nSPS) is 9.72. The molecule has 93 valence electrons. The molecule has 0 aliphatic carbocycles. The predicted octanol–water partition coefficient (Wildman–Crippen LogP) is 5.17. The van der Waals surface area contributed by atoms with Gasteiger partial charge in [-0.15, -0.1) is 0 Å². The summed E-state index contributed by atoms with van der Waals surface area (Å²) in [7, 11) is 0. The molecular weight excluding hydrogens is 259 g/mol. The summed E-state index contributed by atoms with van der Waals surface area (Å²) >= 11 is 0. The van der Waals surface area contributed by atoms with Gasteiger partial charge in [0.1, 0.15) is 11.2 Å². The summed E-state index contributed by atoms with van der Waals surface area (Å²) in [6.45, 7) is 6.17. The molecule has 0 saturated carbocycles. The van der Waals surface area contributed by atoms with Crippen LogP contribution in [0.15, 0.2) is 46.9 Å². The van der Waals surface area contributed by atoms with Gasteiger partial charge < -0.3 is 4.42 Å². The van der Waals surface area contributed by atoms with Crippen LogP contribution >= 0.6 is 0 Å². The molecule has 0 saturated heterocycles. The Bertz CT molecular complexity index is 625. The van der Waals surface area contributed by atoms with E-state index in [2.05, 4.69) is 37.3 Å². The first kappa shape index (κ1) is 14.9. The van der Waals surface area contributed by atoms with E-state index in [4.69, 9.17) is 4.42 Å². The number of furan rings is 1.